The second-order valence-electron chi connectivity index (χ2n) is 13.6. The maximum atomic E-state index is 2.52. The summed E-state index contributed by atoms with van der Waals surface area (Å²) in [5, 5.41) is 0. The van der Waals surface area contributed by atoms with Crippen molar-refractivity contribution >= 4 is 17.1 Å². The molecule has 4 aromatic carbocycles. The third kappa shape index (κ3) is 6.62. The Labute approximate surface area is 262 Å². The highest BCUT2D eigenvalue weighted by atomic mass is 15.1. The van der Waals surface area contributed by atoms with Gasteiger partial charge in [0.15, 0.2) is 0 Å². The number of anilines is 3. The van der Waals surface area contributed by atoms with Gasteiger partial charge in [0, 0.05) is 22.5 Å². The Morgan fingerprint density at radius 2 is 0.977 bits per heavy atom. The summed E-state index contributed by atoms with van der Waals surface area (Å²) in [5.41, 5.74) is 16.5. The molecule has 0 saturated carbocycles. The van der Waals surface area contributed by atoms with Crippen LogP contribution in [0.3, 0.4) is 0 Å². The summed E-state index contributed by atoms with van der Waals surface area (Å²) < 4.78 is 0. The van der Waals surface area contributed by atoms with Gasteiger partial charge in [-0.3, -0.25) is 0 Å². The smallest absolute Gasteiger partial charge is 0.0465 e. The van der Waals surface area contributed by atoms with Crippen molar-refractivity contribution < 1.29 is 0 Å². The van der Waals surface area contributed by atoms with Crippen LogP contribution in [0.4, 0.5) is 17.1 Å². The van der Waals surface area contributed by atoms with Crippen LogP contribution in [-0.2, 0) is 18.3 Å². The van der Waals surface area contributed by atoms with E-state index in [4.69, 9.17) is 0 Å². The zero-order valence-corrected chi connectivity index (χ0v) is 27.9. The predicted octanol–water partition coefficient (Wildman–Crippen LogP) is 12.6. The molecule has 0 spiro atoms. The van der Waals surface area contributed by atoms with Crippen LogP contribution < -0.4 is 4.90 Å². The number of benzene rings is 4. The van der Waals surface area contributed by atoms with Gasteiger partial charge in [0.05, 0.1) is 0 Å². The van der Waals surface area contributed by atoms with Gasteiger partial charge in [0.25, 0.3) is 0 Å². The van der Waals surface area contributed by atoms with E-state index in [1.165, 1.54) is 118 Å². The minimum absolute atomic E-state index is 0.0339. The van der Waals surface area contributed by atoms with E-state index < -0.39 is 0 Å². The van der Waals surface area contributed by atoms with Crippen LogP contribution in [-0.4, -0.2) is 0 Å². The van der Waals surface area contributed by atoms with E-state index >= 15 is 0 Å². The molecule has 0 fully saturated rings. The Morgan fingerprint density at radius 1 is 0.512 bits per heavy atom. The molecule has 1 aliphatic carbocycles. The highest BCUT2D eigenvalue weighted by molar-refractivity contribution is 5.86. The van der Waals surface area contributed by atoms with Gasteiger partial charge in [-0.05, 0) is 127 Å². The number of fused-ring (bicyclic) bond motifs is 3. The fourth-order valence-corrected chi connectivity index (χ4v) is 7.04. The molecule has 5 rings (SSSR count). The van der Waals surface area contributed by atoms with Gasteiger partial charge in [0.2, 0.25) is 0 Å². The fourth-order valence-electron chi connectivity index (χ4n) is 7.04. The SMILES string of the molecule is CCCCCCc1cc(N(c2ccc(C)c(CCCCCC)c2)c2ccc3c(c2)C(C)(C)c2cc(C)ccc2-3)ccc1C. The lowest BCUT2D eigenvalue weighted by Crippen LogP contribution is -2.17. The molecule has 0 aromatic heterocycles. The van der Waals surface area contributed by atoms with Crippen molar-refractivity contribution in [3.05, 3.63) is 112 Å². The van der Waals surface area contributed by atoms with Crippen molar-refractivity contribution in [3.8, 4) is 11.1 Å². The van der Waals surface area contributed by atoms with Crippen LogP contribution in [0, 0.1) is 20.8 Å². The first-order chi connectivity index (χ1) is 20.7. The molecule has 0 unspecified atom stereocenters. The lowest BCUT2D eigenvalue weighted by molar-refractivity contribution is 0.660. The van der Waals surface area contributed by atoms with Crippen LogP contribution in [0.1, 0.15) is 118 Å². The van der Waals surface area contributed by atoms with Crippen LogP contribution in [0.25, 0.3) is 11.1 Å². The maximum absolute atomic E-state index is 2.52. The highest BCUT2D eigenvalue weighted by Crippen LogP contribution is 2.51. The predicted molar refractivity (Wildman–Crippen MR) is 189 cm³/mol. The first-order valence-electron chi connectivity index (χ1n) is 17.0. The van der Waals surface area contributed by atoms with E-state index in [9.17, 15) is 0 Å². The molecule has 0 amide bonds. The summed E-state index contributed by atoms with van der Waals surface area (Å²) in [6.07, 6.45) is 12.6. The van der Waals surface area contributed by atoms with E-state index in [-0.39, 0.29) is 5.41 Å². The summed E-state index contributed by atoms with van der Waals surface area (Å²) >= 11 is 0. The molecule has 0 atom stereocenters. The molecular weight excluding hydrogens is 518 g/mol. The minimum Gasteiger partial charge on any atom is -0.310 e. The van der Waals surface area contributed by atoms with Crippen LogP contribution in [0.2, 0.25) is 0 Å². The Bertz CT molecular complexity index is 1490. The molecule has 0 N–H and O–H groups in total. The van der Waals surface area contributed by atoms with Gasteiger partial charge in [-0.25, -0.2) is 0 Å². The van der Waals surface area contributed by atoms with Gasteiger partial charge >= 0.3 is 0 Å². The van der Waals surface area contributed by atoms with Crippen molar-refractivity contribution in [2.75, 3.05) is 4.90 Å². The quantitative estimate of drug-likeness (QED) is 0.144. The standard InChI is InChI=1S/C42H53N/c1-8-10-12-14-16-33-27-35(21-19-31(33)4)43(36-22-20-32(5)34(28-36)17-15-13-11-9-2)37-23-25-39-38-24-18-30(3)26-40(38)42(6,7)41(39)29-37/h18-29H,8-17H2,1-7H3. The maximum Gasteiger partial charge on any atom is 0.0465 e. The molecule has 0 heterocycles. The van der Waals surface area contributed by atoms with Crippen molar-refractivity contribution in [1.82, 2.24) is 0 Å². The Balaban J connectivity index is 1.59. The highest BCUT2D eigenvalue weighted by Gasteiger charge is 2.36. The normalized spacial score (nSPS) is 13.2. The summed E-state index contributed by atoms with van der Waals surface area (Å²) in [4.78, 5) is 2.52. The van der Waals surface area contributed by atoms with E-state index in [0.717, 1.165) is 12.8 Å². The topological polar surface area (TPSA) is 3.24 Å². The summed E-state index contributed by atoms with van der Waals surface area (Å²) in [6.45, 7) is 16.1. The zero-order valence-electron chi connectivity index (χ0n) is 27.9. The van der Waals surface area contributed by atoms with Crippen LogP contribution >= 0.6 is 0 Å². The van der Waals surface area contributed by atoms with E-state index in [1.807, 2.05) is 0 Å². The Kier molecular flexibility index (Phi) is 9.80. The second kappa shape index (κ2) is 13.5. The number of hydrogen-bond donors (Lipinski definition) is 0. The number of unbranched alkanes of at least 4 members (excludes halogenated alkanes) is 6. The minimum atomic E-state index is -0.0339. The van der Waals surface area contributed by atoms with Crippen molar-refractivity contribution in [1.29, 1.82) is 0 Å². The molecule has 226 valence electrons. The lowest BCUT2D eigenvalue weighted by atomic mass is 9.82. The number of hydrogen-bond acceptors (Lipinski definition) is 1. The summed E-state index contributed by atoms with van der Waals surface area (Å²) in [7, 11) is 0. The third-order valence-electron chi connectivity index (χ3n) is 9.85. The average molecular weight is 572 g/mol. The second-order valence-corrected chi connectivity index (χ2v) is 13.6. The molecule has 0 saturated heterocycles. The van der Waals surface area contributed by atoms with Crippen LogP contribution in [0.5, 0.6) is 0 Å². The fraction of sp³-hybridized carbons (Fsp3) is 0.429. The molecule has 1 nitrogen and oxygen atoms in total. The van der Waals surface area contributed by atoms with Gasteiger partial charge in [0.1, 0.15) is 0 Å². The number of aryl methyl sites for hydroxylation is 5. The van der Waals surface area contributed by atoms with Crippen LogP contribution in [0.15, 0.2) is 72.8 Å². The van der Waals surface area contributed by atoms with Gasteiger partial charge in [-0.15, -0.1) is 0 Å². The Hall–Kier alpha value is -3.32. The monoisotopic (exact) mass is 571 g/mol. The first kappa shape index (κ1) is 31.1. The van der Waals surface area contributed by atoms with Crippen molar-refractivity contribution in [3.63, 3.8) is 0 Å². The first-order valence-corrected chi connectivity index (χ1v) is 17.0. The summed E-state index contributed by atoms with van der Waals surface area (Å²) in [6, 6.07) is 28.5. The molecule has 1 aliphatic rings. The Morgan fingerprint density at radius 3 is 1.51 bits per heavy atom. The summed E-state index contributed by atoms with van der Waals surface area (Å²) in [5.74, 6) is 0. The third-order valence-corrected chi connectivity index (χ3v) is 9.85. The molecule has 1 heteroatoms. The average Bonchev–Trinajstić information content (AvgIpc) is 3.21. The van der Waals surface area contributed by atoms with E-state index in [0.29, 0.717) is 0 Å². The molecular formula is C42H53N. The van der Waals surface area contributed by atoms with Crippen molar-refractivity contribution in [2.24, 2.45) is 0 Å². The molecule has 4 aromatic rings. The van der Waals surface area contributed by atoms with Gasteiger partial charge in [-0.1, -0.05) is 108 Å². The molecule has 43 heavy (non-hydrogen) atoms. The van der Waals surface area contributed by atoms with Crippen molar-refractivity contribution in [2.45, 2.75) is 118 Å². The number of nitrogens with zero attached hydrogens (tertiary/aromatic N) is 1. The van der Waals surface area contributed by atoms with Gasteiger partial charge < -0.3 is 4.90 Å². The number of rotatable bonds is 13. The molecule has 0 aliphatic heterocycles. The van der Waals surface area contributed by atoms with E-state index in [1.54, 1.807) is 0 Å². The van der Waals surface area contributed by atoms with E-state index in [2.05, 4.69) is 126 Å². The molecule has 0 radical (unpaired) electrons. The molecule has 0 bridgehead atoms. The van der Waals surface area contributed by atoms with Gasteiger partial charge in [-0.2, -0.15) is 0 Å². The zero-order chi connectivity index (χ0) is 30.6. The lowest BCUT2D eigenvalue weighted by Gasteiger charge is -2.29. The largest absolute Gasteiger partial charge is 0.310 e.